The quantitative estimate of drug-likeness (QED) is 0.586. The van der Waals surface area contributed by atoms with E-state index in [1.807, 2.05) is 60.7 Å². The van der Waals surface area contributed by atoms with Gasteiger partial charge in [0.1, 0.15) is 5.03 Å². The normalized spacial score (nSPS) is 11.6. The molecule has 0 saturated heterocycles. The van der Waals surface area contributed by atoms with Gasteiger partial charge in [-0.25, -0.2) is 4.98 Å². The van der Waals surface area contributed by atoms with Gasteiger partial charge in [-0.3, -0.25) is 0 Å². The Labute approximate surface area is 136 Å². The van der Waals surface area contributed by atoms with E-state index < -0.39 is 0 Å². The van der Waals surface area contributed by atoms with E-state index in [1.165, 1.54) is 0 Å². The van der Waals surface area contributed by atoms with Crippen molar-refractivity contribution in [1.29, 1.82) is 0 Å². The first-order valence-electron chi connectivity index (χ1n) is 6.37. The summed E-state index contributed by atoms with van der Waals surface area (Å²) < 4.78 is 6.73. The van der Waals surface area contributed by atoms with Crippen molar-refractivity contribution in [2.24, 2.45) is 0 Å². The van der Waals surface area contributed by atoms with E-state index in [4.69, 9.17) is 16.0 Å². The molecule has 0 unspecified atom stereocenters. The second kappa shape index (κ2) is 6.29. The fraction of sp³-hybridized carbons (Fsp3) is 0. The van der Waals surface area contributed by atoms with Gasteiger partial charge in [-0.15, -0.1) is 0 Å². The topological polar surface area (TPSA) is 26.0 Å². The number of hydrogen-bond acceptors (Lipinski definition) is 2. The second-order valence-corrected chi connectivity index (χ2v) is 5.76. The van der Waals surface area contributed by atoms with Gasteiger partial charge in [0, 0.05) is 10.0 Å². The number of benzene rings is 2. The molecule has 0 amide bonds. The molecular formula is C17H11BrClNO. The third kappa shape index (κ3) is 3.43. The lowest BCUT2D eigenvalue weighted by molar-refractivity contribution is 0.559. The number of hydrogen-bond donors (Lipinski definition) is 0. The molecule has 0 bridgehead atoms. The summed E-state index contributed by atoms with van der Waals surface area (Å²) in [5.41, 5.74) is 1.96. The number of nitrogens with zero attached hydrogens (tertiary/aromatic N) is 1. The van der Waals surface area contributed by atoms with Gasteiger partial charge in [-0.05, 0) is 23.8 Å². The van der Waals surface area contributed by atoms with Gasteiger partial charge in [0.2, 0.25) is 5.89 Å². The van der Waals surface area contributed by atoms with Crippen molar-refractivity contribution in [2.45, 2.75) is 0 Å². The lowest BCUT2D eigenvalue weighted by atomic mass is 10.2. The van der Waals surface area contributed by atoms with Crippen molar-refractivity contribution in [3.63, 3.8) is 0 Å². The Hall–Kier alpha value is -1.84. The van der Waals surface area contributed by atoms with Crippen molar-refractivity contribution >= 4 is 38.6 Å². The first-order valence-corrected chi connectivity index (χ1v) is 7.54. The summed E-state index contributed by atoms with van der Waals surface area (Å²) in [6.07, 6.45) is 3.51. The molecule has 3 aromatic rings. The van der Waals surface area contributed by atoms with Crippen LogP contribution in [0.15, 0.2) is 69.7 Å². The van der Waals surface area contributed by atoms with Crippen molar-refractivity contribution in [3.05, 3.63) is 76.7 Å². The summed E-state index contributed by atoms with van der Waals surface area (Å²) in [6, 6.07) is 17.7. The lowest BCUT2D eigenvalue weighted by Gasteiger charge is -1.97. The molecule has 0 N–H and O–H groups in total. The molecule has 0 fully saturated rings. The maximum atomic E-state index is 6.27. The average molecular weight is 361 g/mol. The Kier molecular flexibility index (Phi) is 4.23. The van der Waals surface area contributed by atoms with E-state index in [-0.39, 0.29) is 0 Å². The molecule has 2 nitrogen and oxygen atoms in total. The highest BCUT2D eigenvalue weighted by Crippen LogP contribution is 2.27. The molecule has 2 aromatic carbocycles. The molecule has 1 aromatic heterocycles. The van der Waals surface area contributed by atoms with Gasteiger partial charge in [0.15, 0.2) is 5.76 Å². The summed E-state index contributed by atoms with van der Waals surface area (Å²) in [5, 5.41) is 0.472. The van der Waals surface area contributed by atoms with Crippen molar-refractivity contribution < 1.29 is 4.42 Å². The maximum absolute atomic E-state index is 6.27. The first kappa shape index (κ1) is 14.1. The monoisotopic (exact) mass is 359 g/mol. The van der Waals surface area contributed by atoms with Crippen molar-refractivity contribution in [3.8, 4) is 11.3 Å². The minimum atomic E-state index is 0.415. The van der Waals surface area contributed by atoms with Crippen LogP contribution in [-0.4, -0.2) is 4.98 Å². The van der Waals surface area contributed by atoms with Crippen LogP contribution in [0.4, 0.5) is 0 Å². The summed E-state index contributed by atoms with van der Waals surface area (Å²) in [4.78, 5) is 4.23. The summed E-state index contributed by atoms with van der Waals surface area (Å²) >= 11 is 9.68. The van der Waals surface area contributed by atoms with Crippen LogP contribution < -0.4 is 0 Å². The minimum Gasteiger partial charge on any atom is -0.435 e. The van der Waals surface area contributed by atoms with Gasteiger partial charge < -0.3 is 4.42 Å². The highest BCUT2D eigenvalue weighted by atomic mass is 79.9. The lowest BCUT2D eigenvalue weighted by Crippen LogP contribution is -1.77. The zero-order valence-electron chi connectivity index (χ0n) is 11.0. The van der Waals surface area contributed by atoms with E-state index in [2.05, 4.69) is 20.9 Å². The number of halogens is 2. The number of aromatic nitrogens is 1. The van der Waals surface area contributed by atoms with E-state index >= 15 is 0 Å². The Morgan fingerprint density at radius 2 is 1.76 bits per heavy atom. The third-order valence-corrected chi connectivity index (χ3v) is 3.73. The predicted molar refractivity (Wildman–Crippen MR) is 89.8 cm³/mol. The maximum Gasteiger partial charge on any atom is 0.238 e. The molecule has 0 aliphatic heterocycles. The van der Waals surface area contributed by atoms with E-state index in [0.717, 1.165) is 15.6 Å². The summed E-state index contributed by atoms with van der Waals surface area (Å²) in [7, 11) is 0. The first-order chi connectivity index (χ1) is 10.2. The molecule has 0 aliphatic carbocycles. The van der Waals surface area contributed by atoms with Crippen LogP contribution in [0.1, 0.15) is 11.5 Å². The highest BCUT2D eigenvalue weighted by molar-refractivity contribution is 9.10. The Morgan fingerprint density at radius 1 is 1.05 bits per heavy atom. The fourth-order valence-corrected chi connectivity index (χ4v) is 2.37. The van der Waals surface area contributed by atoms with Crippen LogP contribution in [0.25, 0.3) is 22.4 Å². The van der Waals surface area contributed by atoms with Gasteiger partial charge in [-0.2, -0.15) is 0 Å². The van der Waals surface area contributed by atoms with Crippen LogP contribution in [0.3, 0.4) is 0 Å². The van der Waals surface area contributed by atoms with Gasteiger partial charge >= 0.3 is 0 Å². The molecule has 104 valence electrons. The van der Waals surface area contributed by atoms with E-state index in [0.29, 0.717) is 16.7 Å². The zero-order valence-corrected chi connectivity index (χ0v) is 13.3. The van der Waals surface area contributed by atoms with E-state index in [1.54, 1.807) is 6.20 Å². The van der Waals surface area contributed by atoms with Crippen LogP contribution in [0.5, 0.6) is 0 Å². The van der Waals surface area contributed by atoms with Crippen molar-refractivity contribution in [2.75, 3.05) is 0 Å². The van der Waals surface area contributed by atoms with Crippen molar-refractivity contribution in [1.82, 2.24) is 4.98 Å². The Bertz CT molecular complexity index is 763. The molecule has 1 heterocycles. The Morgan fingerprint density at radius 3 is 2.48 bits per heavy atom. The molecule has 0 atom stereocenters. The number of oxazole rings is 1. The predicted octanol–water partition coefficient (Wildman–Crippen LogP) is 5.84. The SMILES string of the molecule is Cl/C(=C/c1ccc(Br)cc1)c1ncc(-c2ccccc2)o1. The van der Waals surface area contributed by atoms with E-state index in [9.17, 15) is 0 Å². The van der Waals surface area contributed by atoms with Gasteiger partial charge in [-0.1, -0.05) is 70.0 Å². The molecule has 0 radical (unpaired) electrons. The zero-order chi connectivity index (χ0) is 14.7. The standard InChI is InChI=1S/C17H11BrClNO/c18-14-8-6-12(7-9-14)10-15(19)17-20-11-16(21-17)13-4-2-1-3-5-13/h1-11H/b15-10+. The van der Waals surface area contributed by atoms with Gasteiger partial charge in [0.25, 0.3) is 0 Å². The van der Waals surface area contributed by atoms with Crippen LogP contribution in [-0.2, 0) is 0 Å². The van der Waals surface area contributed by atoms with Crippen LogP contribution in [0.2, 0.25) is 0 Å². The minimum absolute atomic E-state index is 0.415. The smallest absolute Gasteiger partial charge is 0.238 e. The Balaban J connectivity index is 1.87. The van der Waals surface area contributed by atoms with Crippen LogP contribution >= 0.6 is 27.5 Å². The molecular weight excluding hydrogens is 350 g/mol. The number of rotatable bonds is 3. The summed E-state index contributed by atoms with van der Waals surface area (Å²) in [5.74, 6) is 1.12. The highest BCUT2D eigenvalue weighted by Gasteiger charge is 2.09. The molecule has 0 spiro atoms. The second-order valence-electron chi connectivity index (χ2n) is 4.44. The molecule has 4 heteroatoms. The van der Waals surface area contributed by atoms with Gasteiger partial charge in [0.05, 0.1) is 6.20 Å². The largest absolute Gasteiger partial charge is 0.435 e. The fourth-order valence-electron chi connectivity index (χ4n) is 1.89. The molecule has 3 rings (SSSR count). The van der Waals surface area contributed by atoms with Crippen LogP contribution in [0, 0.1) is 0 Å². The molecule has 21 heavy (non-hydrogen) atoms. The molecule has 0 aliphatic rings. The third-order valence-electron chi connectivity index (χ3n) is 2.93. The summed E-state index contributed by atoms with van der Waals surface area (Å²) in [6.45, 7) is 0. The molecule has 0 saturated carbocycles. The average Bonchev–Trinajstić information content (AvgIpc) is 3.00.